The third kappa shape index (κ3) is 2.67. The lowest BCUT2D eigenvalue weighted by molar-refractivity contribution is 0.318. The average molecular weight is 335 g/mol. The number of pyridine rings is 1. The van der Waals surface area contributed by atoms with Crippen molar-refractivity contribution in [2.45, 2.75) is 40.0 Å². The standard InChI is InChI=1S/C21H21NOS/c1-13-8-15(12-22-11-13)14-4-5-16-18(9-14)24-19-10-21(2,3)7-6-17(19)20(16)23/h4-5,8-9,11-12H,6-7,10H2,1-3H3. The van der Waals surface area contributed by atoms with Gasteiger partial charge in [0.25, 0.3) is 0 Å². The minimum absolute atomic E-state index is 0.239. The van der Waals surface area contributed by atoms with Gasteiger partial charge in [-0.1, -0.05) is 19.9 Å². The predicted octanol–water partition coefficient (Wildman–Crippen LogP) is 5.15. The van der Waals surface area contributed by atoms with Crippen LogP contribution in [0.5, 0.6) is 0 Å². The van der Waals surface area contributed by atoms with Crippen molar-refractivity contribution in [3.05, 3.63) is 62.9 Å². The minimum atomic E-state index is 0.239. The highest BCUT2D eigenvalue weighted by Crippen LogP contribution is 2.38. The Labute approximate surface area is 146 Å². The second-order valence-corrected chi connectivity index (χ2v) is 8.77. The molecule has 24 heavy (non-hydrogen) atoms. The summed E-state index contributed by atoms with van der Waals surface area (Å²) in [7, 11) is 0. The fraction of sp³-hybridized carbons (Fsp3) is 0.333. The van der Waals surface area contributed by atoms with Crippen LogP contribution in [-0.4, -0.2) is 4.98 Å². The summed E-state index contributed by atoms with van der Waals surface area (Å²) < 4.78 is 1.09. The van der Waals surface area contributed by atoms with Gasteiger partial charge in [-0.05, 0) is 60.9 Å². The molecule has 0 unspecified atom stereocenters. The van der Waals surface area contributed by atoms with Crippen molar-refractivity contribution >= 4 is 21.4 Å². The van der Waals surface area contributed by atoms with E-state index in [4.69, 9.17) is 0 Å². The normalized spacial score (nSPS) is 16.1. The van der Waals surface area contributed by atoms with Crippen molar-refractivity contribution < 1.29 is 0 Å². The largest absolute Gasteiger partial charge is 0.289 e. The molecule has 3 aromatic rings. The van der Waals surface area contributed by atoms with Gasteiger partial charge in [0.05, 0.1) is 0 Å². The molecule has 3 heteroatoms. The van der Waals surface area contributed by atoms with Crippen molar-refractivity contribution in [3.63, 3.8) is 0 Å². The number of hydrogen-bond acceptors (Lipinski definition) is 3. The first-order valence-corrected chi connectivity index (χ1v) is 9.25. The summed E-state index contributed by atoms with van der Waals surface area (Å²) >= 11 is 1.80. The molecular formula is C21H21NOS. The highest BCUT2D eigenvalue weighted by atomic mass is 32.1. The van der Waals surface area contributed by atoms with Gasteiger partial charge in [0.15, 0.2) is 5.43 Å². The number of benzene rings is 1. The van der Waals surface area contributed by atoms with Crippen molar-refractivity contribution in [2.75, 3.05) is 0 Å². The number of aromatic nitrogens is 1. The quantitative estimate of drug-likeness (QED) is 0.616. The first-order valence-electron chi connectivity index (χ1n) is 8.44. The lowest BCUT2D eigenvalue weighted by Crippen LogP contribution is -2.26. The van der Waals surface area contributed by atoms with E-state index in [2.05, 4.69) is 31.0 Å². The molecule has 0 spiro atoms. The number of aryl methyl sites for hydroxylation is 1. The first-order chi connectivity index (χ1) is 11.4. The second-order valence-electron chi connectivity index (χ2n) is 7.64. The minimum Gasteiger partial charge on any atom is -0.289 e. The van der Waals surface area contributed by atoms with Crippen LogP contribution < -0.4 is 5.43 Å². The van der Waals surface area contributed by atoms with E-state index in [1.54, 1.807) is 11.3 Å². The molecule has 2 nitrogen and oxygen atoms in total. The van der Waals surface area contributed by atoms with E-state index in [9.17, 15) is 4.79 Å². The molecule has 0 saturated heterocycles. The Bertz CT molecular complexity index is 1000. The van der Waals surface area contributed by atoms with Gasteiger partial charge in [0, 0.05) is 38.5 Å². The molecule has 0 atom stereocenters. The summed E-state index contributed by atoms with van der Waals surface area (Å²) in [4.78, 5) is 18.5. The van der Waals surface area contributed by atoms with Gasteiger partial charge in [-0.15, -0.1) is 11.3 Å². The van der Waals surface area contributed by atoms with Crippen LogP contribution in [0.15, 0.2) is 41.5 Å². The van der Waals surface area contributed by atoms with Crippen LogP contribution in [0.1, 0.15) is 36.3 Å². The van der Waals surface area contributed by atoms with Gasteiger partial charge in [0.2, 0.25) is 0 Å². The Morgan fingerprint density at radius 2 is 1.96 bits per heavy atom. The molecule has 0 fully saturated rings. The molecule has 0 amide bonds. The number of hydrogen-bond donors (Lipinski definition) is 0. The topological polar surface area (TPSA) is 30.0 Å². The zero-order chi connectivity index (χ0) is 16.9. The summed E-state index contributed by atoms with van der Waals surface area (Å²) in [5, 5.41) is 0.864. The summed E-state index contributed by atoms with van der Waals surface area (Å²) in [5.74, 6) is 0. The summed E-state index contributed by atoms with van der Waals surface area (Å²) in [6.07, 6.45) is 6.77. The average Bonchev–Trinajstić information content (AvgIpc) is 2.53. The third-order valence-corrected chi connectivity index (χ3v) is 6.16. The van der Waals surface area contributed by atoms with E-state index in [-0.39, 0.29) is 5.43 Å². The lowest BCUT2D eigenvalue weighted by Gasteiger charge is -2.30. The number of nitrogens with zero attached hydrogens (tertiary/aromatic N) is 1. The van der Waals surface area contributed by atoms with Gasteiger partial charge in [-0.3, -0.25) is 9.78 Å². The van der Waals surface area contributed by atoms with E-state index in [0.29, 0.717) is 5.41 Å². The third-order valence-electron chi connectivity index (χ3n) is 4.97. The molecule has 1 aromatic carbocycles. The van der Waals surface area contributed by atoms with E-state index >= 15 is 0 Å². The molecular weight excluding hydrogens is 314 g/mol. The van der Waals surface area contributed by atoms with Crippen LogP contribution in [0.3, 0.4) is 0 Å². The van der Waals surface area contributed by atoms with Crippen LogP contribution in [-0.2, 0) is 12.8 Å². The molecule has 0 N–H and O–H groups in total. The highest BCUT2D eigenvalue weighted by Gasteiger charge is 2.28. The zero-order valence-corrected chi connectivity index (χ0v) is 15.2. The molecule has 4 rings (SSSR count). The Hall–Kier alpha value is -2.00. The Morgan fingerprint density at radius 1 is 1.12 bits per heavy atom. The number of rotatable bonds is 1. The summed E-state index contributed by atoms with van der Waals surface area (Å²) in [5.41, 5.74) is 4.97. The van der Waals surface area contributed by atoms with E-state index in [0.717, 1.165) is 51.6 Å². The fourth-order valence-corrected chi connectivity index (χ4v) is 5.06. The molecule has 0 bridgehead atoms. The van der Waals surface area contributed by atoms with Gasteiger partial charge in [0.1, 0.15) is 0 Å². The Kier molecular flexibility index (Phi) is 3.57. The molecule has 1 aliphatic rings. The molecule has 2 aromatic heterocycles. The Morgan fingerprint density at radius 3 is 2.75 bits per heavy atom. The van der Waals surface area contributed by atoms with Gasteiger partial charge < -0.3 is 0 Å². The van der Waals surface area contributed by atoms with Crippen molar-refractivity contribution in [1.29, 1.82) is 0 Å². The van der Waals surface area contributed by atoms with Crippen LogP contribution in [0.25, 0.3) is 21.2 Å². The maximum absolute atomic E-state index is 12.9. The second kappa shape index (κ2) is 5.52. The maximum atomic E-state index is 12.9. The molecule has 0 saturated carbocycles. The van der Waals surface area contributed by atoms with Crippen molar-refractivity contribution in [2.24, 2.45) is 5.41 Å². The van der Waals surface area contributed by atoms with Crippen molar-refractivity contribution in [3.8, 4) is 11.1 Å². The van der Waals surface area contributed by atoms with E-state index < -0.39 is 0 Å². The first kappa shape index (κ1) is 15.5. The zero-order valence-electron chi connectivity index (χ0n) is 14.3. The van der Waals surface area contributed by atoms with Crippen LogP contribution in [0, 0.1) is 12.3 Å². The van der Waals surface area contributed by atoms with Crippen molar-refractivity contribution in [1.82, 2.24) is 4.98 Å². The van der Waals surface area contributed by atoms with Crippen LogP contribution in [0.4, 0.5) is 0 Å². The van der Waals surface area contributed by atoms with Gasteiger partial charge in [-0.25, -0.2) is 0 Å². The SMILES string of the molecule is Cc1cncc(-c2ccc3c(=O)c4c(sc3c2)CC(C)(C)CC4)c1. The Balaban J connectivity index is 1.90. The number of fused-ring (bicyclic) bond motifs is 2. The van der Waals surface area contributed by atoms with Crippen LogP contribution in [0.2, 0.25) is 0 Å². The molecule has 0 aliphatic heterocycles. The fourth-order valence-electron chi connectivity index (χ4n) is 3.55. The molecule has 0 radical (unpaired) electrons. The van der Waals surface area contributed by atoms with E-state index in [1.807, 2.05) is 31.5 Å². The molecule has 1 aliphatic carbocycles. The summed E-state index contributed by atoms with van der Waals surface area (Å²) in [6, 6.07) is 8.33. The smallest absolute Gasteiger partial charge is 0.191 e. The monoisotopic (exact) mass is 335 g/mol. The maximum Gasteiger partial charge on any atom is 0.191 e. The van der Waals surface area contributed by atoms with Gasteiger partial charge >= 0.3 is 0 Å². The predicted molar refractivity (Wildman–Crippen MR) is 102 cm³/mol. The lowest BCUT2D eigenvalue weighted by atomic mass is 9.77. The summed E-state index contributed by atoms with van der Waals surface area (Å²) in [6.45, 7) is 6.65. The highest BCUT2D eigenvalue weighted by molar-refractivity contribution is 7.18. The van der Waals surface area contributed by atoms with E-state index in [1.165, 1.54) is 4.88 Å². The van der Waals surface area contributed by atoms with Gasteiger partial charge in [-0.2, -0.15) is 0 Å². The van der Waals surface area contributed by atoms with Crippen LogP contribution >= 0.6 is 11.3 Å². The molecule has 122 valence electrons. The molecule has 2 heterocycles.